The van der Waals surface area contributed by atoms with Crippen LogP contribution < -0.4 is 10.2 Å². The van der Waals surface area contributed by atoms with E-state index in [2.05, 4.69) is 28.2 Å². The van der Waals surface area contributed by atoms with Crippen LogP contribution >= 0.6 is 15.9 Å². The van der Waals surface area contributed by atoms with Gasteiger partial charge in [-0.1, -0.05) is 6.92 Å². The molecule has 1 aromatic rings. The highest BCUT2D eigenvalue weighted by molar-refractivity contribution is 9.10. The SMILES string of the molecule is CCNC1CCN(c2cc(C(F)(F)F)ccc2Br)CC1. The molecule has 2 nitrogen and oxygen atoms in total. The van der Waals surface area contributed by atoms with Crippen molar-refractivity contribution in [2.75, 3.05) is 24.5 Å². The van der Waals surface area contributed by atoms with Crippen LogP contribution in [0.15, 0.2) is 22.7 Å². The van der Waals surface area contributed by atoms with Gasteiger partial charge in [0.05, 0.1) is 11.3 Å². The molecule has 1 heterocycles. The number of nitrogens with zero attached hydrogens (tertiary/aromatic N) is 1. The van der Waals surface area contributed by atoms with Gasteiger partial charge in [-0.25, -0.2) is 0 Å². The van der Waals surface area contributed by atoms with E-state index in [0.29, 0.717) is 16.2 Å². The number of hydrogen-bond acceptors (Lipinski definition) is 2. The van der Waals surface area contributed by atoms with Crippen molar-refractivity contribution in [1.82, 2.24) is 5.32 Å². The van der Waals surface area contributed by atoms with Crippen molar-refractivity contribution in [1.29, 1.82) is 0 Å². The van der Waals surface area contributed by atoms with Crippen LogP contribution in [-0.4, -0.2) is 25.7 Å². The van der Waals surface area contributed by atoms with Crippen molar-refractivity contribution in [3.05, 3.63) is 28.2 Å². The lowest BCUT2D eigenvalue weighted by molar-refractivity contribution is -0.137. The molecule has 0 radical (unpaired) electrons. The Balaban J connectivity index is 2.13. The minimum absolute atomic E-state index is 0.473. The van der Waals surface area contributed by atoms with E-state index in [4.69, 9.17) is 0 Å². The number of rotatable bonds is 3. The Hall–Kier alpha value is -0.750. The maximum atomic E-state index is 12.8. The van der Waals surface area contributed by atoms with Gasteiger partial charge in [0, 0.05) is 23.6 Å². The van der Waals surface area contributed by atoms with Gasteiger partial charge in [-0.05, 0) is 53.5 Å². The number of anilines is 1. The average Bonchev–Trinajstić information content (AvgIpc) is 2.39. The predicted octanol–water partition coefficient (Wildman–Crippen LogP) is 4.05. The van der Waals surface area contributed by atoms with Crippen molar-refractivity contribution < 1.29 is 13.2 Å². The average molecular weight is 351 g/mol. The van der Waals surface area contributed by atoms with E-state index in [1.807, 2.05) is 4.90 Å². The van der Waals surface area contributed by atoms with E-state index < -0.39 is 11.7 Å². The first kappa shape index (κ1) is 15.6. The summed E-state index contributed by atoms with van der Waals surface area (Å²) in [6, 6.07) is 4.30. The minimum Gasteiger partial charge on any atom is -0.370 e. The molecule has 0 amide bonds. The molecular formula is C14H18BrF3N2. The molecule has 0 saturated carbocycles. The van der Waals surface area contributed by atoms with Crippen molar-refractivity contribution >= 4 is 21.6 Å². The molecule has 1 aromatic carbocycles. The zero-order chi connectivity index (χ0) is 14.8. The summed E-state index contributed by atoms with van der Waals surface area (Å²) in [7, 11) is 0. The maximum Gasteiger partial charge on any atom is 0.416 e. The minimum atomic E-state index is -4.29. The zero-order valence-electron chi connectivity index (χ0n) is 11.3. The topological polar surface area (TPSA) is 15.3 Å². The summed E-state index contributed by atoms with van der Waals surface area (Å²) >= 11 is 3.35. The largest absolute Gasteiger partial charge is 0.416 e. The number of nitrogens with one attached hydrogen (secondary N) is 1. The Morgan fingerprint density at radius 3 is 2.50 bits per heavy atom. The molecule has 20 heavy (non-hydrogen) atoms. The molecule has 112 valence electrons. The third-order valence-electron chi connectivity index (χ3n) is 3.60. The first-order valence-corrected chi connectivity index (χ1v) is 7.56. The van der Waals surface area contributed by atoms with Crippen molar-refractivity contribution in [3.8, 4) is 0 Å². The number of hydrogen-bond donors (Lipinski definition) is 1. The molecule has 0 aliphatic carbocycles. The molecule has 0 atom stereocenters. The summed E-state index contributed by atoms with van der Waals surface area (Å²) in [6.45, 7) is 4.54. The fourth-order valence-corrected chi connectivity index (χ4v) is 3.04. The first-order chi connectivity index (χ1) is 9.41. The van der Waals surface area contributed by atoms with Crippen LogP contribution in [0.25, 0.3) is 0 Å². The molecule has 6 heteroatoms. The lowest BCUT2D eigenvalue weighted by atomic mass is 10.0. The summed E-state index contributed by atoms with van der Waals surface area (Å²) in [5.74, 6) is 0. The third-order valence-corrected chi connectivity index (χ3v) is 4.27. The van der Waals surface area contributed by atoms with Crippen LogP contribution in [0.1, 0.15) is 25.3 Å². The standard InChI is InChI=1S/C14H18BrF3N2/c1-2-19-11-5-7-20(8-6-11)13-9-10(14(16,17)18)3-4-12(13)15/h3-4,9,11,19H,2,5-8H2,1H3. The van der Waals surface area contributed by atoms with Crippen molar-refractivity contribution in [3.63, 3.8) is 0 Å². The van der Waals surface area contributed by atoms with Crippen LogP contribution in [0.5, 0.6) is 0 Å². The first-order valence-electron chi connectivity index (χ1n) is 6.77. The second kappa shape index (κ2) is 6.35. The van der Waals surface area contributed by atoms with Gasteiger partial charge in [0.25, 0.3) is 0 Å². The lowest BCUT2D eigenvalue weighted by Crippen LogP contribution is -2.42. The number of alkyl halides is 3. The second-order valence-electron chi connectivity index (χ2n) is 4.98. The van der Waals surface area contributed by atoms with Gasteiger partial charge in [0.15, 0.2) is 0 Å². The normalized spacial score (nSPS) is 17.6. The highest BCUT2D eigenvalue weighted by Gasteiger charge is 2.31. The Morgan fingerprint density at radius 2 is 1.95 bits per heavy atom. The molecule has 1 N–H and O–H groups in total. The Bertz CT molecular complexity index is 454. The maximum absolute atomic E-state index is 12.8. The molecule has 1 saturated heterocycles. The summed E-state index contributed by atoms with van der Waals surface area (Å²) in [4.78, 5) is 2.02. The molecule has 1 aliphatic heterocycles. The van der Waals surface area contributed by atoms with E-state index in [1.54, 1.807) is 0 Å². The van der Waals surface area contributed by atoms with Crippen molar-refractivity contribution in [2.45, 2.75) is 32.0 Å². The second-order valence-corrected chi connectivity index (χ2v) is 5.84. The Kier molecular flexibility index (Phi) is 4.96. The van der Waals surface area contributed by atoms with Gasteiger partial charge >= 0.3 is 6.18 Å². The zero-order valence-corrected chi connectivity index (χ0v) is 12.9. The molecule has 1 fully saturated rings. The lowest BCUT2D eigenvalue weighted by Gasteiger charge is -2.34. The fraction of sp³-hybridized carbons (Fsp3) is 0.571. The Labute approximate surface area is 125 Å². The van der Waals surface area contributed by atoms with Crippen molar-refractivity contribution in [2.24, 2.45) is 0 Å². The quantitative estimate of drug-likeness (QED) is 0.884. The smallest absolute Gasteiger partial charge is 0.370 e. The van der Waals surface area contributed by atoms with Crippen LogP contribution in [-0.2, 0) is 6.18 Å². The number of halogens is 4. The van der Waals surface area contributed by atoms with Gasteiger partial charge < -0.3 is 10.2 Å². The van der Waals surface area contributed by atoms with E-state index in [9.17, 15) is 13.2 Å². The molecule has 0 spiro atoms. The van der Waals surface area contributed by atoms with Gasteiger partial charge in [0.1, 0.15) is 0 Å². The third kappa shape index (κ3) is 3.67. The van der Waals surface area contributed by atoms with E-state index >= 15 is 0 Å². The summed E-state index contributed by atoms with van der Waals surface area (Å²) in [5.41, 5.74) is 0.0410. The molecule has 0 bridgehead atoms. The molecular weight excluding hydrogens is 333 g/mol. The van der Waals surface area contributed by atoms with E-state index in [0.717, 1.165) is 38.5 Å². The molecule has 0 unspecified atom stereocenters. The fourth-order valence-electron chi connectivity index (χ4n) is 2.54. The predicted molar refractivity (Wildman–Crippen MR) is 78.1 cm³/mol. The summed E-state index contributed by atoms with van der Waals surface area (Å²) < 4.78 is 39.1. The van der Waals surface area contributed by atoms with Gasteiger partial charge in [0.2, 0.25) is 0 Å². The Morgan fingerprint density at radius 1 is 1.30 bits per heavy atom. The summed E-state index contributed by atoms with van der Waals surface area (Å²) in [6.07, 6.45) is -2.38. The van der Waals surface area contributed by atoms with E-state index in [1.165, 1.54) is 12.1 Å². The van der Waals surface area contributed by atoms with Gasteiger partial charge in [-0.2, -0.15) is 13.2 Å². The van der Waals surface area contributed by atoms with Crippen LogP contribution in [0.2, 0.25) is 0 Å². The molecule has 0 aromatic heterocycles. The van der Waals surface area contributed by atoms with Crippen LogP contribution in [0.4, 0.5) is 18.9 Å². The number of piperidine rings is 1. The molecule has 2 rings (SSSR count). The highest BCUT2D eigenvalue weighted by Crippen LogP contribution is 2.36. The van der Waals surface area contributed by atoms with Crippen LogP contribution in [0.3, 0.4) is 0 Å². The van der Waals surface area contributed by atoms with E-state index in [-0.39, 0.29) is 0 Å². The van der Waals surface area contributed by atoms with Crippen LogP contribution in [0, 0.1) is 0 Å². The monoisotopic (exact) mass is 350 g/mol. The number of benzene rings is 1. The molecule has 1 aliphatic rings. The summed E-state index contributed by atoms with van der Waals surface area (Å²) in [5, 5.41) is 3.39. The van der Waals surface area contributed by atoms with Gasteiger partial charge in [-0.15, -0.1) is 0 Å². The van der Waals surface area contributed by atoms with Gasteiger partial charge in [-0.3, -0.25) is 0 Å². The highest BCUT2D eigenvalue weighted by atomic mass is 79.9.